The third-order valence-electron chi connectivity index (χ3n) is 4.65. The van der Waals surface area contributed by atoms with Crippen molar-refractivity contribution in [2.24, 2.45) is 12.1 Å². The highest BCUT2D eigenvalue weighted by atomic mass is 32.2. The number of nitrogens with zero attached hydrogens (tertiary/aromatic N) is 6. The number of fused-ring (bicyclic) bond motifs is 1. The van der Waals surface area contributed by atoms with Crippen LogP contribution in [0.5, 0.6) is 0 Å². The molecule has 5 rings (SSSR count). The molecular formula is C19H16N6O3S. The molecule has 10 heteroatoms. The molecule has 0 fully saturated rings. The van der Waals surface area contributed by atoms with Crippen LogP contribution < -0.4 is 0 Å². The van der Waals surface area contributed by atoms with E-state index in [-0.39, 0.29) is 17.7 Å². The van der Waals surface area contributed by atoms with E-state index >= 15 is 0 Å². The number of thioether (sulfide) groups is 1. The number of rotatable bonds is 5. The highest BCUT2D eigenvalue weighted by molar-refractivity contribution is 7.99. The summed E-state index contributed by atoms with van der Waals surface area (Å²) in [7, 11) is 1.73. The second kappa shape index (κ2) is 7.21. The van der Waals surface area contributed by atoms with Crippen LogP contribution in [0, 0.1) is 0 Å². The first kappa shape index (κ1) is 17.7. The van der Waals surface area contributed by atoms with Crippen molar-refractivity contribution >= 4 is 34.3 Å². The normalized spacial score (nSPS) is 16.5. The lowest BCUT2D eigenvalue weighted by Gasteiger charge is -2.19. The molecule has 9 nitrogen and oxygen atoms in total. The van der Waals surface area contributed by atoms with E-state index in [1.165, 1.54) is 21.5 Å². The van der Waals surface area contributed by atoms with E-state index in [9.17, 15) is 4.79 Å². The van der Waals surface area contributed by atoms with E-state index in [1.807, 2.05) is 36.4 Å². The molecule has 0 saturated heterocycles. The van der Waals surface area contributed by atoms with E-state index in [1.54, 1.807) is 19.4 Å². The summed E-state index contributed by atoms with van der Waals surface area (Å²) >= 11 is 1.26. The summed E-state index contributed by atoms with van der Waals surface area (Å²) in [6.45, 7) is 0. The summed E-state index contributed by atoms with van der Waals surface area (Å²) in [5, 5.41) is 18.9. The lowest BCUT2D eigenvalue weighted by Crippen LogP contribution is -2.28. The second-order valence-corrected chi connectivity index (χ2v) is 7.49. The number of amides is 1. The Hall–Kier alpha value is -3.40. The standard InChI is InChI=1S/C19H16N6O3S/c1-24-19(20-22-23-24)29-11-18(26)25-14(16-7-4-8-27-16)10-13(21-25)17-9-12-5-2-3-6-15(12)28-17/h2-9,14H,10-11H2,1H3/t14-/m0/s1. The fourth-order valence-corrected chi connectivity index (χ4v) is 3.95. The number of hydrogen-bond acceptors (Lipinski definition) is 8. The average Bonchev–Trinajstić information content (AvgIpc) is 3.51. The van der Waals surface area contributed by atoms with Gasteiger partial charge in [0.2, 0.25) is 5.16 Å². The van der Waals surface area contributed by atoms with Crippen molar-refractivity contribution in [2.45, 2.75) is 17.6 Å². The summed E-state index contributed by atoms with van der Waals surface area (Å²) in [5.41, 5.74) is 1.50. The molecular weight excluding hydrogens is 392 g/mol. The number of hydrogen-bond donors (Lipinski definition) is 0. The van der Waals surface area contributed by atoms with Gasteiger partial charge in [0.05, 0.1) is 12.0 Å². The quantitative estimate of drug-likeness (QED) is 0.468. The Morgan fingerprint density at radius 1 is 1.28 bits per heavy atom. The van der Waals surface area contributed by atoms with Gasteiger partial charge in [-0.3, -0.25) is 4.79 Å². The van der Waals surface area contributed by atoms with Gasteiger partial charge in [-0.15, -0.1) is 5.10 Å². The van der Waals surface area contributed by atoms with Crippen molar-refractivity contribution in [2.75, 3.05) is 5.75 Å². The molecule has 146 valence electrons. The van der Waals surface area contributed by atoms with E-state index in [2.05, 4.69) is 20.6 Å². The predicted molar refractivity (Wildman–Crippen MR) is 105 cm³/mol. The molecule has 1 aliphatic heterocycles. The first-order chi connectivity index (χ1) is 14.2. The molecule has 29 heavy (non-hydrogen) atoms. The van der Waals surface area contributed by atoms with Crippen LogP contribution in [0.25, 0.3) is 11.0 Å². The Labute approximate surface area is 169 Å². The zero-order chi connectivity index (χ0) is 19.8. The third-order valence-corrected chi connectivity index (χ3v) is 5.65. The molecule has 1 aromatic carbocycles. The summed E-state index contributed by atoms with van der Waals surface area (Å²) < 4.78 is 13.0. The number of benzene rings is 1. The number of para-hydroxylation sites is 1. The maximum atomic E-state index is 13.0. The van der Waals surface area contributed by atoms with Gasteiger partial charge in [-0.25, -0.2) is 9.69 Å². The lowest BCUT2D eigenvalue weighted by molar-refractivity contribution is -0.130. The summed E-state index contributed by atoms with van der Waals surface area (Å²) in [5.74, 6) is 1.33. The Kier molecular flexibility index (Phi) is 4.39. The topological polar surface area (TPSA) is 103 Å². The number of furan rings is 2. The van der Waals surface area contributed by atoms with Crippen LogP contribution in [0.2, 0.25) is 0 Å². The van der Waals surface area contributed by atoms with Crippen LogP contribution >= 0.6 is 11.8 Å². The molecule has 3 aromatic heterocycles. The van der Waals surface area contributed by atoms with Crippen LogP contribution in [-0.4, -0.2) is 42.6 Å². The zero-order valence-corrected chi connectivity index (χ0v) is 16.2. The SMILES string of the molecule is Cn1nnnc1SCC(=O)N1N=C(c2cc3ccccc3o2)C[C@H]1c1ccco1. The molecule has 1 amide bonds. The Morgan fingerprint density at radius 2 is 2.17 bits per heavy atom. The lowest BCUT2D eigenvalue weighted by atomic mass is 10.1. The maximum Gasteiger partial charge on any atom is 0.253 e. The van der Waals surface area contributed by atoms with Crippen molar-refractivity contribution in [3.63, 3.8) is 0 Å². The van der Waals surface area contributed by atoms with Crippen LogP contribution in [0.1, 0.15) is 24.0 Å². The van der Waals surface area contributed by atoms with Crippen molar-refractivity contribution in [3.05, 3.63) is 60.2 Å². The summed E-state index contributed by atoms with van der Waals surface area (Å²) in [6.07, 6.45) is 2.10. The first-order valence-electron chi connectivity index (χ1n) is 8.96. The predicted octanol–water partition coefficient (Wildman–Crippen LogP) is 3.02. The molecule has 0 bridgehead atoms. The second-order valence-electron chi connectivity index (χ2n) is 6.54. The summed E-state index contributed by atoms with van der Waals surface area (Å²) in [6, 6.07) is 13.0. The highest BCUT2D eigenvalue weighted by Crippen LogP contribution is 2.35. The molecule has 1 atom stereocenters. The van der Waals surface area contributed by atoms with Gasteiger partial charge < -0.3 is 8.83 Å². The molecule has 0 saturated carbocycles. The minimum atomic E-state index is -0.320. The minimum absolute atomic E-state index is 0.155. The fourth-order valence-electron chi connectivity index (χ4n) is 3.25. The Morgan fingerprint density at radius 3 is 2.93 bits per heavy atom. The largest absolute Gasteiger partial charge is 0.467 e. The third kappa shape index (κ3) is 3.31. The molecule has 0 spiro atoms. The average molecular weight is 408 g/mol. The van der Waals surface area contributed by atoms with Gasteiger partial charge in [-0.05, 0) is 34.7 Å². The zero-order valence-electron chi connectivity index (χ0n) is 15.4. The molecule has 0 N–H and O–H groups in total. The molecule has 1 aliphatic rings. The van der Waals surface area contributed by atoms with Crippen LogP contribution in [-0.2, 0) is 11.8 Å². The molecule has 0 aliphatic carbocycles. The van der Waals surface area contributed by atoms with Gasteiger partial charge in [-0.2, -0.15) is 5.10 Å². The van der Waals surface area contributed by atoms with Gasteiger partial charge in [-0.1, -0.05) is 30.0 Å². The summed E-state index contributed by atoms with van der Waals surface area (Å²) in [4.78, 5) is 13.0. The molecule has 4 aromatic rings. The van der Waals surface area contributed by atoms with Crippen LogP contribution in [0.3, 0.4) is 0 Å². The highest BCUT2D eigenvalue weighted by Gasteiger charge is 2.36. The van der Waals surface area contributed by atoms with Crippen molar-refractivity contribution in [1.29, 1.82) is 0 Å². The number of aryl methyl sites for hydroxylation is 1. The smallest absolute Gasteiger partial charge is 0.253 e. The first-order valence-corrected chi connectivity index (χ1v) is 9.94. The monoisotopic (exact) mass is 408 g/mol. The minimum Gasteiger partial charge on any atom is -0.467 e. The fraction of sp³-hybridized carbons (Fsp3) is 0.211. The van der Waals surface area contributed by atoms with Gasteiger partial charge in [0.15, 0.2) is 5.76 Å². The van der Waals surface area contributed by atoms with Crippen molar-refractivity contribution in [1.82, 2.24) is 25.2 Å². The van der Waals surface area contributed by atoms with Crippen LogP contribution in [0.15, 0.2) is 67.8 Å². The Balaban J connectivity index is 1.42. The molecule has 4 heterocycles. The molecule has 0 radical (unpaired) electrons. The van der Waals surface area contributed by atoms with Gasteiger partial charge in [0, 0.05) is 18.9 Å². The van der Waals surface area contributed by atoms with Gasteiger partial charge >= 0.3 is 0 Å². The maximum absolute atomic E-state index is 13.0. The van der Waals surface area contributed by atoms with E-state index in [0.29, 0.717) is 28.8 Å². The van der Waals surface area contributed by atoms with Crippen molar-refractivity contribution < 1.29 is 13.6 Å². The molecule has 0 unspecified atom stereocenters. The van der Waals surface area contributed by atoms with Gasteiger partial charge in [0.25, 0.3) is 5.91 Å². The number of hydrazone groups is 1. The number of aromatic nitrogens is 4. The van der Waals surface area contributed by atoms with E-state index in [0.717, 1.165) is 11.0 Å². The van der Waals surface area contributed by atoms with E-state index < -0.39 is 0 Å². The van der Waals surface area contributed by atoms with Crippen LogP contribution in [0.4, 0.5) is 0 Å². The Bertz CT molecular complexity index is 1160. The van der Waals surface area contributed by atoms with Gasteiger partial charge in [0.1, 0.15) is 23.1 Å². The number of carbonyl (C=O) groups excluding carboxylic acids is 1. The van der Waals surface area contributed by atoms with Crippen molar-refractivity contribution in [3.8, 4) is 0 Å². The van der Waals surface area contributed by atoms with E-state index in [4.69, 9.17) is 8.83 Å². The number of carbonyl (C=O) groups is 1. The number of tetrazole rings is 1.